The Morgan fingerprint density at radius 2 is 2.03 bits per heavy atom. The summed E-state index contributed by atoms with van der Waals surface area (Å²) in [5, 5.41) is 5.80. The highest BCUT2D eigenvalue weighted by Gasteiger charge is 2.15. The van der Waals surface area contributed by atoms with Gasteiger partial charge in [-0.2, -0.15) is 0 Å². The van der Waals surface area contributed by atoms with Crippen molar-refractivity contribution < 1.29 is 4.39 Å². The maximum absolute atomic E-state index is 14.4. The molecule has 3 aromatic rings. The van der Waals surface area contributed by atoms with E-state index in [0.717, 1.165) is 44.0 Å². The Bertz CT molecular complexity index is 1150. The van der Waals surface area contributed by atoms with Crippen LogP contribution in [0.15, 0.2) is 35.4 Å². The molecule has 2 N–H and O–H groups in total. The second-order valence-corrected chi connectivity index (χ2v) is 7.26. The summed E-state index contributed by atoms with van der Waals surface area (Å²) < 4.78 is 14.4. The number of H-pyrrole nitrogens is 2. The van der Waals surface area contributed by atoms with Crippen molar-refractivity contribution in [3.8, 4) is 11.3 Å². The van der Waals surface area contributed by atoms with Gasteiger partial charge in [-0.3, -0.25) is 20.0 Å². The zero-order chi connectivity index (χ0) is 20.4. The molecule has 0 spiro atoms. The number of hydrogen-bond donors (Lipinski definition) is 2. The van der Waals surface area contributed by atoms with Gasteiger partial charge in [-0.25, -0.2) is 9.37 Å². The highest BCUT2D eigenvalue weighted by atomic mass is 19.1. The summed E-state index contributed by atoms with van der Waals surface area (Å²) >= 11 is 0. The molecular weight excluding hydrogens is 371 g/mol. The molecule has 1 aromatic carbocycles. The van der Waals surface area contributed by atoms with Gasteiger partial charge in [0.15, 0.2) is 0 Å². The van der Waals surface area contributed by atoms with Gasteiger partial charge < -0.3 is 9.80 Å². The molecule has 29 heavy (non-hydrogen) atoms. The lowest BCUT2D eigenvalue weighted by atomic mass is 10.1. The van der Waals surface area contributed by atoms with Crippen LogP contribution in [0.4, 0.5) is 10.2 Å². The number of halogens is 1. The summed E-state index contributed by atoms with van der Waals surface area (Å²) in [6.07, 6.45) is 5.98. The number of aromatic nitrogens is 4. The average Bonchev–Trinajstić information content (AvgIpc) is 2.91. The second-order valence-electron chi connectivity index (χ2n) is 7.26. The molecule has 0 unspecified atom stereocenters. The maximum Gasteiger partial charge on any atom is 0.271 e. The van der Waals surface area contributed by atoms with Crippen LogP contribution in [0.2, 0.25) is 0 Å². The van der Waals surface area contributed by atoms with Crippen molar-refractivity contribution in [2.45, 2.75) is 6.42 Å². The van der Waals surface area contributed by atoms with E-state index in [0.29, 0.717) is 21.8 Å². The summed E-state index contributed by atoms with van der Waals surface area (Å²) in [7, 11) is 2.12. The molecule has 0 aliphatic carbocycles. The monoisotopic (exact) mass is 394 g/mol. The van der Waals surface area contributed by atoms with Crippen molar-refractivity contribution in [2.75, 3.05) is 38.1 Å². The van der Waals surface area contributed by atoms with Crippen molar-refractivity contribution in [1.29, 1.82) is 0 Å². The zero-order valence-electron chi connectivity index (χ0n) is 16.3. The second kappa shape index (κ2) is 8.00. The lowest BCUT2D eigenvalue weighted by molar-refractivity contribution is 0.360. The summed E-state index contributed by atoms with van der Waals surface area (Å²) in [5.74, 6) is 0.392. The van der Waals surface area contributed by atoms with Crippen LogP contribution in [0.3, 0.4) is 0 Å². The van der Waals surface area contributed by atoms with Crippen LogP contribution in [0.5, 0.6) is 0 Å². The van der Waals surface area contributed by atoms with E-state index in [1.165, 1.54) is 12.1 Å². The third kappa shape index (κ3) is 4.12. The highest BCUT2D eigenvalue weighted by Crippen LogP contribution is 2.23. The smallest absolute Gasteiger partial charge is 0.271 e. The normalized spacial score (nSPS) is 16.2. The Kier molecular flexibility index (Phi) is 5.26. The molecule has 0 bridgehead atoms. The minimum Gasteiger partial charge on any atom is -0.354 e. The van der Waals surface area contributed by atoms with E-state index >= 15 is 0 Å². The fourth-order valence-corrected chi connectivity index (χ4v) is 3.45. The van der Waals surface area contributed by atoms with Crippen LogP contribution in [0.25, 0.3) is 23.9 Å². The molecule has 2 aromatic heterocycles. The predicted octanol–water partition coefficient (Wildman–Crippen LogP) is 0.680. The Morgan fingerprint density at radius 3 is 2.83 bits per heavy atom. The van der Waals surface area contributed by atoms with E-state index < -0.39 is 5.82 Å². The topological polar surface area (TPSA) is 80.9 Å². The number of likely N-dealkylation sites (N-methyl/N-ethyl adjacent to an activating group) is 1. The van der Waals surface area contributed by atoms with E-state index in [4.69, 9.17) is 4.98 Å². The minimum absolute atomic E-state index is 0.293. The van der Waals surface area contributed by atoms with Gasteiger partial charge in [-0.1, -0.05) is 6.58 Å². The van der Waals surface area contributed by atoms with Crippen LogP contribution in [-0.2, 0) is 0 Å². The number of nitrogens with one attached hydrogen (secondary N) is 2. The van der Waals surface area contributed by atoms with Crippen LogP contribution in [0, 0.1) is 5.82 Å². The Hall–Kier alpha value is -3.26. The van der Waals surface area contributed by atoms with E-state index in [-0.39, 0.29) is 5.56 Å². The van der Waals surface area contributed by atoms with Crippen LogP contribution in [0.1, 0.15) is 12.0 Å². The van der Waals surface area contributed by atoms with Gasteiger partial charge in [0.25, 0.3) is 5.56 Å². The van der Waals surface area contributed by atoms with Crippen LogP contribution < -0.4 is 21.0 Å². The summed E-state index contributed by atoms with van der Waals surface area (Å²) in [6, 6.07) is 4.72. The summed E-state index contributed by atoms with van der Waals surface area (Å²) in [5.41, 5.74) is 1.35. The van der Waals surface area contributed by atoms with Crippen LogP contribution in [-0.4, -0.2) is 58.3 Å². The fourth-order valence-electron chi connectivity index (χ4n) is 3.45. The zero-order valence-corrected chi connectivity index (χ0v) is 16.3. The first-order valence-corrected chi connectivity index (χ1v) is 9.54. The standard InChI is InChI=1S/C21H23FN6O/c1-14-17(21(29)26-25-14)11-16-10-15(4-5-18(16)22)19-12-23-13-20(24-19)28-7-3-6-27(2)8-9-28/h4-5,10-13,25H,1,3,6-9H2,2H3,(H,26,29)/b17-11+. The molecule has 1 fully saturated rings. The molecule has 8 heteroatoms. The predicted molar refractivity (Wildman–Crippen MR) is 112 cm³/mol. The van der Waals surface area contributed by atoms with E-state index in [1.54, 1.807) is 24.5 Å². The van der Waals surface area contributed by atoms with Gasteiger partial charge >= 0.3 is 0 Å². The molecule has 0 radical (unpaired) electrons. The Balaban J connectivity index is 1.70. The van der Waals surface area contributed by atoms with E-state index in [1.807, 2.05) is 0 Å². The van der Waals surface area contributed by atoms with Crippen molar-refractivity contribution in [3.63, 3.8) is 0 Å². The van der Waals surface area contributed by atoms with E-state index in [9.17, 15) is 9.18 Å². The van der Waals surface area contributed by atoms with Gasteiger partial charge in [0.05, 0.1) is 28.7 Å². The number of nitrogens with zero attached hydrogens (tertiary/aromatic N) is 4. The number of rotatable bonds is 3. The molecule has 0 atom stereocenters. The number of benzene rings is 1. The minimum atomic E-state index is -0.423. The molecule has 0 amide bonds. The fraction of sp³-hybridized carbons (Fsp3) is 0.286. The number of anilines is 1. The summed E-state index contributed by atoms with van der Waals surface area (Å²) in [6.45, 7) is 7.60. The molecule has 0 saturated carbocycles. The van der Waals surface area contributed by atoms with Crippen molar-refractivity contribution in [3.05, 3.63) is 62.9 Å². The quantitative estimate of drug-likeness (QED) is 0.683. The van der Waals surface area contributed by atoms with Gasteiger partial charge in [0, 0.05) is 30.8 Å². The van der Waals surface area contributed by atoms with Gasteiger partial charge in [-0.15, -0.1) is 0 Å². The van der Waals surface area contributed by atoms with Gasteiger partial charge in [0.2, 0.25) is 0 Å². The van der Waals surface area contributed by atoms with Crippen LogP contribution >= 0.6 is 0 Å². The number of hydrogen-bond acceptors (Lipinski definition) is 5. The molecule has 1 saturated heterocycles. The SMILES string of the molecule is C=c1[nH][nH]c(=O)/c1=C/c1cc(-c2cncc(N3CCCN(C)CC3)n2)ccc1F. The third-order valence-electron chi connectivity index (χ3n) is 5.15. The first-order valence-electron chi connectivity index (χ1n) is 9.54. The van der Waals surface area contributed by atoms with Gasteiger partial charge in [-0.05, 0) is 44.3 Å². The van der Waals surface area contributed by atoms with Crippen molar-refractivity contribution in [1.82, 2.24) is 25.1 Å². The number of aromatic amines is 2. The first-order chi connectivity index (χ1) is 14.0. The lowest BCUT2D eigenvalue weighted by Gasteiger charge is -2.21. The molecule has 150 valence electrons. The summed E-state index contributed by atoms with van der Waals surface area (Å²) in [4.78, 5) is 25.5. The van der Waals surface area contributed by atoms with Crippen molar-refractivity contribution in [2.24, 2.45) is 0 Å². The molecular formula is C21H23FN6O. The third-order valence-corrected chi connectivity index (χ3v) is 5.15. The average molecular weight is 394 g/mol. The lowest BCUT2D eigenvalue weighted by Crippen LogP contribution is -2.32. The molecule has 3 heterocycles. The first kappa shape index (κ1) is 19.1. The Morgan fingerprint density at radius 1 is 1.17 bits per heavy atom. The molecule has 1 aliphatic heterocycles. The van der Waals surface area contributed by atoms with Crippen molar-refractivity contribution >= 4 is 18.5 Å². The van der Waals surface area contributed by atoms with Gasteiger partial charge in [0.1, 0.15) is 11.6 Å². The largest absolute Gasteiger partial charge is 0.354 e. The highest BCUT2D eigenvalue weighted by molar-refractivity contribution is 5.65. The molecule has 7 nitrogen and oxygen atoms in total. The molecule has 4 rings (SSSR count). The van der Waals surface area contributed by atoms with E-state index in [2.05, 4.69) is 38.6 Å². The molecule has 1 aliphatic rings. The maximum atomic E-state index is 14.4. The Labute approximate surface area is 167 Å².